The average Bonchev–Trinajstić information content (AvgIpc) is 3.23. The summed E-state index contributed by atoms with van der Waals surface area (Å²) in [6, 6.07) is 9.31. The van der Waals surface area contributed by atoms with Gasteiger partial charge in [0, 0.05) is 18.0 Å². The molecule has 1 unspecified atom stereocenters. The van der Waals surface area contributed by atoms with E-state index in [0.29, 0.717) is 12.0 Å². The second kappa shape index (κ2) is 6.93. The van der Waals surface area contributed by atoms with E-state index in [1.54, 1.807) is 0 Å². The molecule has 1 spiro atoms. The molecule has 2 aliphatic heterocycles. The molecule has 1 atom stereocenters. The van der Waals surface area contributed by atoms with Gasteiger partial charge in [-0.25, -0.2) is 4.98 Å². The molecule has 1 N–H and O–H groups in total. The summed E-state index contributed by atoms with van der Waals surface area (Å²) in [5.74, 6) is 1.75. The highest BCUT2D eigenvalue weighted by Gasteiger charge is 2.42. The van der Waals surface area contributed by atoms with E-state index in [1.165, 1.54) is 11.1 Å². The normalized spacial score (nSPS) is 22.8. The predicted octanol–water partition coefficient (Wildman–Crippen LogP) is 3.83. The summed E-state index contributed by atoms with van der Waals surface area (Å²) in [5.41, 5.74) is 2.68. The Bertz CT molecular complexity index is 698. The number of ether oxygens (including phenoxy) is 1. The Labute approximate surface area is 150 Å². The monoisotopic (exact) mass is 339 g/mol. The van der Waals surface area contributed by atoms with Crippen molar-refractivity contribution in [3.63, 3.8) is 0 Å². The molecule has 2 fully saturated rings. The van der Waals surface area contributed by atoms with Crippen molar-refractivity contribution in [1.82, 2.24) is 14.9 Å². The molecular formula is C21H29N3O. The van der Waals surface area contributed by atoms with Gasteiger partial charge in [-0.2, -0.15) is 0 Å². The molecule has 134 valence electrons. The van der Waals surface area contributed by atoms with Crippen LogP contribution in [0.15, 0.2) is 36.7 Å². The van der Waals surface area contributed by atoms with Crippen LogP contribution in [0.5, 0.6) is 0 Å². The predicted molar refractivity (Wildman–Crippen MR) is 101 cm³/mol. The number of piperidine rings is 1. The maximum atomic E-state index is 6.28. The van der Waals surface area contributed by atoms with Gasteiger partial charge in [-0.15, -0.1) is 0 Å². The van der Waals surface area contributed by atoms with Gasteiger partial charge in [0.05, 0.1) is 18.2 Å². The van der Waals surface area contributed by atoms with Crippen molar-refractivity contribution in [2.24, 2.45) is 5.92 Å². The number of aromatic nitrogens is 2. The van der Waals surface area contributed by atoms with Crippen LogP contribution in [0.1, 0.15) is 44.7 Å². The van der Waals surface area contributed by atoms with Crippen LogP contribution in [-0.4, -0.2) is 34.8 Å². The number of benzene rings is 1. The van der Waals surface area contributed by atoms with Gasteiger partial charge in [0.2, 0.25) is 0 Å². The maximum Gasteiger partial charge on any atom is 0.140 e. The van der Waals surface area contributed by atoms with Crippen molar-refractivity contribution in [3.05, 3.63) is 42.2 Å². The first-order valence-corrected chi connectivity index (χ1v) is 9.62. The highest BCUT2D eigenvalue weighted by molar-refractivity contribution is 5.56. The Balaban J connectivity index is 1.53. The molecule has 0 amide bonds. The molecule has 1 aromatic heterocycles. The lowest BCUT2D eigenvalue weighted by atomic mass is 9.88. The van der Waals surface area contributed by atoms with E-state index in [1.807, 2.05) is 6.20 Å². The standard InChI is InChI=1S/C21H29N3O/c1-16(2)13-17-3-5-18(6-4-17)20-23-11-12-24(20)19-14-21(25-15-19)7-9-22-10-8-21/h3-6,11-12,16,19,22H,7-10,13-15H2,1-2H3. The van der Waals surface area contributed by atoms with Crippen LogP contribution in [0.2, 0.25) is 0 Å². The first-order chi connectivity index (χ1) is 12.2. The summed E-state index contributed by atoms with van der Waals surface area (Å²) in [4.78, 5) is 4.65. The average molecular weight is 339 g/mol. The van der Waals surface area contributed by atoms with Crippen molar-refractivity contribution in [3.8, 4) is 11.4 Å². The van der Waals surface area contributed by atoms with Gasteiger partial charge in [-0.05, 0) is 50.3 Å². The lowest BCUT2D eigenvalue weighted by molar-refractivity contribution is -0.0195. The Hall–Kier alpha value is -1.65. The lowest BCUT2D eigenvalue weighted by Crippen LogP contribution is -2.41. The molecule has 3 heterocycles. The fourth-order valence-corrected chi connectivity index (χ4v) is 4.32. The van der Waals surface area contributed by atoms with Gasteiger partial charge in [0.1, 0.15) is 5.82 Å². The van der Waals surface area contributed by atoms with Crippen LogP contribution in [0.4, 0.5) is 0 Å². The largest absolute Gasteiger partial charge is 0.373 e. The molecule has 2 saturated heterocycles. The number of hydrogen-bond acceptors (Lipinski definition) is 3. The van der Waals surface area contributed by atoms with E-state index in [2.05, 4.69) is 59.2 Å². The van der Waals surface area contributed by atoms with Gasteiger partial charge in [-0.1, -0.05) is 38.1 Å². The number of nitrogens with zero attached hydrogens (tertiary/aromatic N) is 2. The van der Waals surface area contributed by atoms with E-state index in [4.69, 9.17) is 4.74 Å². The quantitative estimate of drug-likeness (QED) is 0.920. The number of hydrogen-bond donors (Lipinski definition) is 1. The molecule has 2 aromatic rings. The topological polar surface area (TPSA) is 39.1 Å². The smallest absolute Gasteiger partial charge is 0.140 e. The summed E-state index contributed by atoms with van der Waals surface area (Å²) in [6.07, 6.45) is 8.51. The molecule has 4 nitrogen and oxygen atoms in total. The van der Waals surface area contributed by atoms with E-state index in [0.717, 1.165) is 51.2 Å². The molecule has 0 aliphatic carbocycles. The van der Waals surface area contributed by atoms with Crippen molar-refractivity contribution < 1.29 is 4.74 Å². The van der Waals surface area contributed by atoms with Crippen molar-refractivity contribution >= 4 is 0 Å². The number of rotatable bonds is 4. The Kier molecular flexibility index (Phi) is 4.65. The summed E-state index contributed by atoms with van der Waals surface area (Å²) >= 11 is 0. The molecule has 25 heavy (non-hydrogen) atoms. The molecule has 0 bridgehead atoms. The number of imidazole rings is 1. The van der Waals surface area contributed by atoms with E-state index in [9.17, 15) is 0 Å². The summed E-state index contributed by atoms with van der Waals surface area (Å²) < 4.78 is 8.61. The zero-order valence-electron chi connectivity index (χ0n) is 15.4. The third kappa shape index (κ3) is 3.51. The third-order valence-corrected chi connectivity index (χ3v) is 5.62. The van der Waals surface area contributed by atoms with Crippen LogP contribution in [-0.2, 0) is 11.2 Å². The minimum absolute atomic E-state index is 0.0819. The minimum Gasteiger partial charge on any atom is -0.373 e. The Morgan fingerprint density at radius 2 is 2.00 bits per heavy atom. The minimum atomic E-state index is 0.0819. The van der Waals surface area contributed by atoms with Crippen LogP contribution >= 0.6 is 0 Å². The lowest BCUT2D eigenvalue weighted by Gasteiger charge is -2.33. The second-order valence-electron chi connectivity index (χ2n) is 8.05. The van der Waals surface area contributed by atoms with Gasteiger partial charge in [0.25, 0.3) is 0 Å². The SMILES string of the molecule is CC(C)Cc1ccc(-c2nccn2C2COC3(CCNCC3)C2)cc1. The first-order valence-electron chi connectivity index (χ1n) is 9.62. The summed E-state index contributed by atoms with van der Waals surface area (Å²) in [5, 5.41) is 3.44. The van der Waals surface area contributed by atoms with E-state index < -0.39 is 0 Å². The molecule has 4 heteroatoms. The first kappa shape index (κ1) is 16.8. The van der Waals surface area contributed by atoms with Gasteiger partial charge in [0.15, 0.2) is 0 Å². The van der Waals surface area contributed by atoms with Crippen molar-refractivity contribution in [2.75, 3.05) is 19.7 Å². The van der Waals surface area contributed by atoms with Crippen molar-refractivity contribution in [1.29, 1.82) is 0 Å². The number of nitrogens with one attached hydrogen (secondary N) is 1. The fourth-order valence-electron chi connectivity index (χ4n) is 4.32. The highest BCUT2D eigenvalue weighted by Crippen LogP contribution is 2.40. The molecule has 2 aliphatic rings. The van der Waals surface area contributed by atoms with E-state index >= 15 is 0 Å². The van der Waals surface area contributed by atoms with Crippen LogP contribution < -0.4 is 5.32 Å². The highest BCUT2D eigenvalue weighted by atomic mass is 16.5. The molecule has 4 rings (SSSR count). The Morgan fingerprint density at radius 3 is 2.72 bits per heavy atom. The molecule has 1 aromatic carbocycles. The van der Waals surface area contributed by atoms with Gasteiger partial charge < -0.3 is 14.6 Å². The van der Waals surface area contributed by atoms with Gasteiger partial charge in [-0.3, -0.25) is 0 Å². The van der Waals surface area contributed by atoms with Crippen LogP contribution in [0.3, 0.4) is 0 Å². The Morgan fingerprint density at radius 1 is 1.24 bits per heavy atom. The van der Waals surface area contributed by atoms with Crippen LogP contribution in [0, 0.1) is 5.92 Å². The third-order valence-electron chi connectivity index (χ3n) is 5.62. The molecule has 0 saturated carbocycles. The van der Waals surface area contributed by atoms with Crippen molar-refractivity contribution in [2.45, 2.75) is 51.2 Å². The molecule has 0 radical (unpaired) electrons. The fraction of sp³-hybridized carbons (Fsp3) is 0.571. The second-order valence-corrected chi connectivity index (χ2v) is 8.05. The summed E-state index contributed by atoms with van der Waals surface area (Å²) in [7, 11) is 0. The van der Waals surface area contributed by atoms with E-state index in [-0.39, 0.29) is 5.60 Å². The molecular weight excluding hydrogens is 310 g/mol. The van der Waals surface area contributed by atoms with Crippen LogP contribution in [0.25, 0.3) is 11.4 Å². The summed E-state index contributed by atoms with van der Waals surface area (Å²) in [6.45, 7) is 7.46. The maximum absolute atomic E-state index is 6.28. The van der Waals surface area contributed by atoms with Gasteiger partial charge >= 0.3 is 0 Å². The zero-order chi connectivity index (χ0) is 17.3. The zero-order valence-corrected chi connectivity index (χ0v) is 15.4.